The zero-order chi connectivity index (χ0) is 56.3. The summed E-state index contributed by atoms with van der Waals surface area (Å²) in [6.45, 7) is 6.69. The van der Waals surface area contributed by atoms with E-state index in [1.807, 2.05) is 60.1 Å². The van der Waals surface area contributed by atoms with E-state index >= 15 is 0 Å². The van der Waals surface area contributed by atoms with Crippen molar-refractivity contribution in [1.29, 1.82) is 0 Å². The van der Waals surface area contributed by atoms with Crippen LogP contribution in [-0.2, 0) is 46.0 Å². The highest BCUT2D eigenvalue weighted by molar-refractivity contribution is 6.30. The topological polar surface area (TPSA) is 277 Å². The van der Waals surface area contributed by atoms with Gasteiger partial charge in [-0.25, -0.2) is 19.8 Å². The van der Waals surface area contributed by atoms with Crippen LogP contribution in [0.25, 0.3) is 0 Å². The number of piperidine rings is 2. The molecule has 4 aliphatic heterocycles. The predicted octanol–water partition coefficient (Wildman–Crippen LogP) is 6.12. The molecule has 4 aromatic heterocycles. The number of hydrogen-bond donors (Lipinski definition) is 6. The van der Waals surface area contributed by atoms with E-state index in [2.05, 4.69) is 96.6 Å². The van der Waals surface area contributed by atoms with E-state index in [0.717, 1.165) is 99.2 Å². The van der Waals surface area contributed by atoms with Gasteiger partial charge in [0, 0.05) is 100.0 Å². The third kappa shape index (κ3) is 16.4. The van der Waals surface area contributed by atoms with E-state index in [-0.39, 0.29) is 12.2 Å². The molecule has 4 atom stereocenters. The number of nitrogens with zero attached hydrogens (tertiary/aromatic N) is 12. The maximum absolute atomic E-state index is 10.6. The molecular formula is C48H60Cl2F6N16O6. The van der Waals surface area contributed by atoms with Crippen molar-refractivity contribution in [3.63, 3.8) is 0 Å². The first-order chi connectivity index (χ1) is 37.0. The lowest BCUT2D eigenvalue weighted by Crippen LogP contribution is -2.55. The van der Waals surface area contributed by atoms with Gasteiger partial charge < -0.3 is 41.0 Å². The Labute approximate surface area is 453 Å². The van der Waals surface area contributed by atoms with Crippen molar-refractivity contribution in [3.05, 3.63) is 106 Å². The van der Waals surface area contributed by atoms with Gasteiger partial charge in [0.25, 0.3) is 0 Å². The number of nitrogens with two attached hydrogens (primary N) is 2. The van der Waals surface area contributed by atoms with Crippen molar-refractivity contribution >= 4 is 58.9 Å². The van der Waals surface area contributed by atoms with Gasteiger partial charge in [-0.1, -0.05) is 47.5 Å². The van der Waals surface area contributed by atoms with Crippen LogP contribution in [0.4, 0.5) is 50.1 Å². The molecule has 10 rings (SSSR count). The van der Waals surface area contributed by atoms with Gasteiger partial charge in [0.15, 0.2) is 0 Å². The summed E-state index contributed by atoms with van der Waals surface area (Å²) in [6.07, 6.45) is -0.294. The van der Waals surface area contributed by atoms with Crippen LogP contribution in [0.3, 0.4) is 0 Å². The molecule has 2 aromatic carbocycles. The number of carbonyl (C=O) groups is 2. The number of morpholine rings is 2. The molecule has 0 amide bonds. The number of carboxylic acid groups (broad SMARTS) is 2. The zero-order valence-corrected chi connectivity index (χ0v) is 43.9. The highest BCUT2D eigenvalue weighted by Crippen LogP contribution is 2.33. The number of aryl methyl sites for hydroxylation is 2. The zero-order valence-electron chi connectivity index (χ0n) is 42.4. The number of nitrogens with one attached hydrogen (secondary N) is 2. The molecule has 424 valence electrons. The van der Waals surface area contributed by atoms with Gasteiger partial charge in [0.1, 0.15) is 12.2 Å². The first kappa shape index (κ1) is 59.0. The number of carboxylic acids is 2. The molecule has 78 heavy (non-hydrogen) atoms. The summed E-state index contributed by atoms with van der Waals surface area (Å²) in [4.78, 5) is 36.1. The summed E-state index contributed by atoms with van der Waals surface area (Å²) in [5.41, 5.74) is 16.1. The lowest BCUT2D eigenvalue weighted by atomic mass is 9.96. The number of ether oxygens (including phenoxy) is 2. The van der Waals surface area contributed by atoms with Crippen molar-refractivity contribution in [2.45, 2.75) is 87.3 Å². The Morgan fingerprint density at radius 2 is 1.08 bits per heavy atom. The van der Waals surface area contributed by atoms with Crippen LogP contribution >= 0.6 is 23.2 Å². The van der Waals surface area contributed by atoms with Crippen molar-refractivity contribution in [3.8, 4) is 0 Å². The fraction of sp³-hybridized carbons (Fsp3) is 0.500. The molecule has 0 bridgehead atoms. The average Bonchev–Trinajstić information content (AvgIpc) is 4.30. The molecule has 4 fully saturated rings. The molecule has 0 spiro atoms. The second-order valence-corrected chi connectivity index (χ2v) is 19.8. The second-order valence-electron chi connectivity index (χ2n) is 18.9. The largest absolute Gasteiger partial charge is 0.490 e. The summed E-state index contributed by atoms with van der Waals surface area (Å²) in [5, 5.41) is 38.6. The van der Waals surface area contributed by atoms with Gasteiger partial charge >= 0.3 is 24.3 Å². The van der Waals surface area contributed by atoms with E-state index < -0.39 is 24.3 Å². The average molecular weight is 1140 g/mol. The number of aromatic amines is 2. The maximum Gasteiger partial charge on any atom is 0.490 e. The Morgan fingerprint density at radius 1 is 0.667 bits per heavy atom. The van der Waals surface area contributed by atoms with Gasteiger partial charge in [0.05, 0.1) is 24.6 Å². The first-order valence-electron chi connectivity index (χ1n) is 24.7. The molecule has 0 unspecified atom stereocenters. The summed E-state index contributed by atoms with van der Waals surface area (Å²) in [5.74, 6) is -3.42. The van der Waals surface area contributed by atoms with E-state index in [1.165, 1.54) is 11.1 Å². The van der Waals surface area contributed by atoms with Crippen molar-refractivity contribution in [2.24, 2.45) is 14.1 Å². The standard InChI is InChI=1S/2C22H29ClN8O.2C2HF3O2/c1-29-9-8-19(28-29)20-13-31(18(14-32-20)12-15-2-4-16(23)5-3-15)17-6-10-30(11-7-17)22-25-21(24)26-27-22;1-29-19(6-9-25-29)20-13-31(18(14-32-20)12-15-2-4-16(23)5-3-15)17-7-10-30(11-8-17)22-26-21(24)27-28-22;2*3-2(4,5)1(6)7/h2-5,8-9,17-18,20H,6-7,10-14H2,1H3,(H3,24,25,26,27);2-6,9,17-18,20H,7-8,10-14H2,1H3,(H3,24,26,27,28);2*(H,6,7)/t2*18-,20+;;/m00../s1. The normalized spacial score (nSPS) is 20.9. The molecule has 8 N–H and O–H groups in total. The van der Waals surface area contributed by atoms with E-state index in [0.29, 0.717) is 61.2 Å². The second kappa shape index (κ2) is 26.3. The minimum absolute atomic E-state index is 0.0106. The van der Waals surface area contributed by atoms with Gasteiger partial charge in [0.2, 0.25) is 23.8 Å². The number of nitrogen functional groups attached to an aromatic ring is 2. The van der Waals surface area contributed by atoms with Crippen LogP contribution in [0.2, 0.25) is 10.0 Å². The smallest absolute Gasteiger partial charge is 0.475 e. The maximum atomic E-state index is 10.6. The number of benzene rings is 2. The van der Waals surface area contributed by atoms with Crippen LogP contribution in [0.1, 0.15) is 60.4 Å². The van der Waals surface area contributed by atoms with E-state index in [1.54, 1.807) is 0 Å². The number of alkyl halides is 6. The Morgan fingerprint density at radius 3 is 1.42 bits per heavy atom. The molecule has 6 aromatic rings. The van der Waals surface area contributed by atoms with Gasteiger partial charge in [-0.2, -0.15) is 46.5 Å². The predicted molar refractivity (Wildman–Crippen MR) is 275 cm³/mol. The van der Waals surface area contributed by atoms with Gasteiger partial charge in [-0.15, -0.1) is 10.2 Å². The molecular weight excluding hydrogens is 1080 g/mol. The van der Waals surface area contributed by atoms with Crippen molar-refractivity contribution in [1.82, 2.24) is 59.7 Å². The number of anilines is 4. The highest BCUT2D eigenvalue weighted by atomic mass is 35.5. The number of aromatic nitrogens is 10. The van der Waals surface area contributed by atoms with Crippen LogP contribution in [0, 0.1) is 0 Å². The molecule has 4 saturated heterocycles. The lowest BCUT2D eigenvalue weighted by molar-refractivity contribution is -0.193. The SMILES string of the molecule is Cn1ccc([C@H]2CN(C3CCN(c4n[nH]c(N)n4)CC3)[C@@H](Cc3ccc(Cl)cc3)CO2)n1.Cn1nccc1[C@H]1CN(C2CCN(c3n[nH]c(N)n3)CC2)[C@@H](Cc2ccc(Cl)cc2)CO1.O=C(O)C(F)(F)F.O=C(O)C(F)(F)F. The Balaban J connectivity index is 0.000000182. The fourth-order valence-electron chi connectivity index (χ4n) is 9.73. The van der Waals surface area contributed by atoms with Crippen LogP contribution in [0.5, 0.6) is 0 Å². The molecule has 0 radical (unpaired) electrons. The third-order valence-corrected chi connectivity index (χ3v) is 14.1. The summed E-state index contributed by atoms with van der Waals surface area (Å²) in [7, 11) is 3.92. The Hall–Kier alpha value is -6.72. The lowest BCUT2D eigenvalue weighted by Gasteiger charge is -2.46. The Bertz CT molecular complexity index is 2810. The molecule has 0 aliphatic carbocycles. The fourth-order valence-corrected chi connectivity index (χ4v) is 9.99. The molecule has 22 nitrogen and oxygen atoms in total. The quantitative estimate of drug-likeness (QED) is 0.0843. The third-order valence-electron chi connectivity index (χ3n) is 13.6. The summed E-state index contributed by atoms with van der Waals surface area (Å²) < 4.78 is 79.9. The minimum atomic E-state index is -5.08. The minimum Gasteiger partial charge on any atom is -0.475 e. The van der Waals surface area contributed by atoms with Crippen LogP contribution < -0.4 is 21.3 Å². The number of aliphatic carboxylic acids is 2. The summed E-state index contributed by atoms with van der Waals surface area (Å²) in [6, 6.07) is 22.0. The Kier molecular flexibility index (Phi) is 19.9. The van der Waals surface area contributed by atoms with Gasteiger partial charge in [-0.3, -0.25) is 19.2 Å². The molecule has 8 heterocycles. The van der Waals surface area contributed by atoms with Gasteiger partial charge in [-0.05, 0) is 86.1 Å². The summed E-state index contributed by atoms with van der Waals surface area (Å²) >= 11 is 12.2. The molecule has 4 aliphatic rings. The molecule has 30 heteroatoms. The van der Waals surface area contributed by atoms with E-state index in [9.17, 15) is 26.3 Å². The van der Waals surface area contributed by atoms with Crippen LogP contribution in [-0.4, -0.2) is 171 Å². The van der Waals surface area contributed by atoms with Crippen molar-refractivity contribution in [2.75, 3.05) is 73.7 Å². The molecule has 0 saturated carbocycles. The number of halogens is 8. The number of hydrogen-bond acceptors (Lipinski definition) is 16. The number of H-pyrrole nitrogens is 2. The monoisotopic (exact) mass is 1140 g/mol. The first-order valence-corrected chi connectivity index (χ1v) is 25.4. The number of rotatable bonds is 10. The van der Waals surface area contributed by atoms with Crippen LogP contribution in [0.15, 0.2) is 73.1 Å². The highest BCUT2D eigenvalue weighted by Gasteiger charge is 2.41. The van der Waals surface area contributed by atoms with E-state index in [4.69, 9.17) is 63.9 Å². The van der Waals surface area contributed by atoms with Crippen molar-refractivity contribution < 1.29 is 55.6 Å².